The second kappa shape index (κ2) is 10.5. The molecule has 10 heteroatoms. The Labute approximate surface area is 197 Å². The molecule has 33 heavy (non-hydrogen) atoms. The second-order valence-corrected chi connectivity index (χ2v) is 9.00. The Morgan fingerprint density at radius 1 is 0.879 bits per heavy atom. The summed E-state index contributed by atoms with van der Waals surface area (Å²) in [4.78, 5) is 13.1. The fourth-order valence-corrected chi connectivity index (χ4v) is 4.82. The molecule has 0 aliphatic carbocycles. The number of anilines is 2. The molecule has 1 amide bonds. The summed E-state index contributed by atoms with van der Waals surface area (Å²) in [6, 6.07) is 17.4. The lowest BCUT2D eigenvalue weighted by Crippen LogP contribution is -2.38. The van der Waals surface area contributed by atoms with Crippen LogP contribution in [-0.4, -0.2) is 42.2 Å². The zero-order chi connectivity index (χ0) is 24.0. The fourth-order valence-electron chi connectivity index (χ4n) is 3.13. The number of methoxy groups -OCH3 is 3. The highest BCUT2D eigenvalue weighted by Gasteiger charge is 2.29. The maximum atomic E-state index is 13.5. The summed E-state index contributed by atoms with van der Waals surface area (Å²) in [7, 11) is 0.199. The minimum Gasteiger partial charge on any atom is -0.495 e. The molecule has 0 bridgehead atoms. The first-order chi connectivity index (χ1) is 15.8. The Kier molecular flexibility index (Phi) is 7.67. The van der Waals surface area contributed by atoms with Gasteiger partial charge in [-0.2, -0.15) is 0 Å². The molecule has 3 aromatic rings. The largest absolute Gasteiger partial charge is 0.495 e. The molecule has 0 heterocycles. The standard InChI is InChI=1S/C23H23ClN2O6S/c1-30-20-12-8-7-11-19(20)26(33(28,29)16-9-5-4-6-10-16)15-23(27)25-18-14-21(31-2)17(24)13-22(18)32-3/h4-14H,15H2,1-3H3,(H,25,27). The van der Waals surface area contributed by atoms with Crippen molar-refractivity contribution in [1.82, 2.24) is 0 Å². The molecule has 0 aliphatic heterocycles. The van der Waals surface area contributed by atoms with Crippen molar-refractivity contribution in [1.29, 1.82) is 0 Å². The number of para-hydroxylation sites is 2. The van der Waals surface area contributed by atoms with Crippen molar-refractivity contribution in [2.24, 2.45) is 0 Å². The third kappa shape index (κ3) is 5.32. The molecule has 0 spiro atoms. The van der Waals surface area contributed by atoms with Gasteiger partial charge in [0.1, 0.15) is 23.8 Å². The Hall–Kier alpha value is -3.43. The van der Waals surface area contributed by atoms with Gasteiger partial charge in [0.15, 0.2) is 0 Å². The molecule has 0 saturated heterocycles. The third-order valence-electron chi connectivity index (χ3n) is 4.72. The highest BCUT2D eigenvalue weighted by atomic mass is 35.5. The lowest BCUT2D eigenvalue weighted by Gasteiger charge is -2.25. The van der Waals surface area contributed by atoms with Crippen LogP contribution >= 0.6 is 11.6 Å². The van der Waals surface area contributed by atoms with Crippen LogP contribution in [0.2, 0.25) is 5.02 Å². The number of hydrogen-bond acceptors (Lipinski definition) is 6. The van der Waals surface area contributed by atoms with Crippen molar-refractivity contribution in [2.75, 3.05) is 37.5 Å². The minimum atomic E-state index is -4.09. The predicted molar refractivity (Wildman–Crippen MR) is 127 cm³/mol. The van der Waals surface area contributed by atoms with Crippen LogP contribution in [0.5, 0.6) is 17.2 Å². The number of sulfonamides is 1. The molecule has 174 valence electrons. The normalized spacial score (nSPS) is 10.9. The van der Waals surface area contributed by atoms with Gasteiger partial charge in [-0.05, 0) is 24.3 Å². The molecule has 3 aromatic carbocycles. The molecule has 3 rings (SSSR count). The van der Waals surface area contributed by atoms with Gasteiger partial charge in [0.25, 0.3) is 10.0 Å². The maximum absolute atomic E-state index is 13.5. The number of carbonyl (C=O) groups is 1. The zero-order valence-electron chi connectivity index (χ0n) is 18.2. The molecular weight excluding hydrogens is 468 g/mol. The van der Waals surface area contributed by atoms with E-state index in [1.54, 1.807) is 42.5 Å². The van der Waals surface area contributed by atoms with E-state index in [2.05, 4.69) is 5.32 Å². The van der Waals surface area contributed by atoms with E-state index in [1.165, 1.54) is 45.6 Å². The van der Waals surface area contributed by atoms with Crippen molar-refractivity contribution in [2.45, 2.75) is 4.90 Å². The molecule has 0 aromatic heterocycles. The quantitative estimate of drug-likeness (QED) is 0.483. The molecule has 1 N–H and O–H groups in total. The first-order valence-corrected chi connectivity index (χ1v) is 11.6. The van der Waals surface area contributed by atoms with Crippen molar-refractivity contribution in [3.63, 3.8) is 0 Å². The van der Waals surface area contributed by atoms with E-state index < -0.39 is 22.5 Å². The lowest BCUT2D eigenvalue weighted by atomic mass is 10.2. The Bertz CT molecular complexity index is 1230. The van der Waals surface area contributed by atoms with E-state index in [-0.39, 0.29) is 16.3 Å². The molecule has 0 saturated carbocycles. The van der Waals surface area contributed by atoms with Gasteiger partial charge < -0.3 is 19.5 Å². The highest BCUT2D eigenvalue weighted by molar-refractivity contribution is 7.92. The average Bonchev–Trinajstić information content (AvgIpc) is 2.83. The van der Waals surface area contributed by atoms with Crippen LogP contribution in [0.1, 0.15) is 0 Å². The third-order valence-corrected chi connectivity index (χ3v) is 6.79. The monoisotopic (exact) mass is 490 g/mol. The van der Waals surface area contributed by atoms with Gasteiger partial charge in [-0.15, -0.1) is 0 Å². The van der Waals surface area contributed by atoms with Crippen molar-refractivity contribution < 1.29 is 27.4 Å². The minimum absolute atomic E-state index is 0.0365. The van der Waals surface area contributed by atoms with Gasteiger partial charge in [-0.25, -0.2) is 8.42 Å². The Balaban J connectivity index is 2.00. The van der Waals surface area contributed by atoms with Crippen molar-refractivity contribution >= 4 is 38.9 Å². The van der Waals surface area contributed by atoms with E-state index in [0.717, 1.165) is 4.31 Å². The number of benzene rings is 3. The SMILES string of the molecule is COc1cc(NC(=O)CN(c2ccccc2OC)S(=O)(=O)c2ccccc2)c(OC)cc1Cl. The van der Waals surface area contributed by atoms with Gasteiger partial charge in [-0.3, -0.25) is 9.10 Å². The first kappa shape index (κ1) is 24.2. The van der Waals surface area contributed by atoms with Crippen LogP contribution < -0.4 is 23.8 Å². The maximum Gasteiger partial charge on any atom is 0.264 e. The molecule has 0 aliphatic rings. The molecule has 8 nitrogen and oxygen atoms in total. The number of carbonyl (C=O) groups excluding carboxylic acids is 1. The van der Waals surface area contributed by atoms with Gasteiger partial charge in [0.05, 0.1) is 42.6 Å². The van der Waals surface area contributed by atoms with Crippen molar-refractivity contribution in [3.8, 4) is 17.2 Å². The van der Waals surface area contributed by atoms with Crippen LogP contribution in [0, 0.1) is 0 Å². The van der Waals surface area contributed by atoms with E-state index in [4.69, 9.17) is 25.8 Å². The summed E-state index contributed by atoms with van der Waals surface area (Å²) >= 11 is 6.12. The summed E-state index contributed by atoms with van der Waals surface area (Å²) in [6.45, 7) is -0.522. The van der Waals surface area contributed by atoms with Gasteiger partial charge in [0.2, 0.25) is 5.91 Å². The highest BCUT2D eigenvalue weighted by Crippen LogP contribution is 2.36. The van der Waals surface area contributed by atoms with E-state index in [0.29, 0.717) is 22.3 Å². The zero-order valence-corrected chi connectivity index (χ0v) is 19.8. The Morgan fingerprint density at radius 2 is 1.48 bits per heavy atom. The molecule has 0 radical (unpaired) electrons. The van der Waals surface area contributed by atoms with Gasteiger partial charge in [0, 0.05) is 12.1 Å². The molecule has 0 atom stereocenters. The topological polar surface area (TPSA) is 94.2 Å². The average molecular weight is 491 g/mol. The van der Waals surface area contributed by atoms with Crippen LogP contribution in [0.15, 0.2) is 71.6 Å². The number of hydrogen-bond donors (Lipinski definition) is 1. The van der Waals surface area contributed by atoms with E-state index in [9.17, 15) is 13.2 Å². The number of halogens is 1. The number of nitrogens with one attached hydrogen (secondary N) is 1. The molecule has 0 fully saturated rings. The van der Waals surface area contributed by atoms with Gasteiger partial charge >= 0.3 is 0 Å². The van der Waals surface area contributed by atoms with Gasteiger partial charge in [-0.1, -0.05) is 41.9 Å². The van der Waals surface area contributed by atoms with E-state index >= 15 is 0 Å². The summed E-state index contributed by atoms with van der Waals surface area (Å²) in [5.41, 5.74) is 0.500. The van der Waals surface area contributed by atoms with Crippen LogP contribution in [0.3, 0.4) is 0 Å². The molecule has 0 unspecified atom stereocenters. The first-order valence-electron chi connectivity index (χ1n) is 9.74. The number of nitrogens with zero attached hydrogens (tertiary/aromatic N) is 1. The second-order valence-electron chi connectivity index (χ2n) is 6.73. The van der Waals surface area contributed by atoms with Crippen LogP contribution in [0.25, 0.3) is 0 Å². The summed E-state index contributed by atoms with van der Waals surface area (Å²) in [6.07, 6.45) is 0. The number of ether oxygens (including phenoxy) is 3. The van der Waals surface area contributed by atoms with Crippen LogP contribution in [-0.2, 0) is 14.8 Å². The summed E-state index contributed by atoms with van der Waals surface area (Å²) < 4.78 is 43.8. The lowest BCUT2D eigenvalue weighted by molar-refractivity contribution is -0.114. The number of amides is 1. The molecular formula is C23H23ClN2O6S. The summed E-state index contributed by atoms with van der Waals surface area (Å²) in [5.74, 6) is 0.314. The number of rotatable bonds is 9. The summed E-state index contributed by atoms with van der Waals surface area (Å²) in [5, 5.41) is 2.98. The van der Waals surface area contributed by atoms with Crippen LogP contribution in [0.4, 0.5) is 11.4 Å². The van der Waals surface area contributed by atoms with Crippen molar-refractivity contribution in [3.05, 3.63) is 71.8 Å². The predicted octanol–water partition coefficient (Wildman–Crippen LogP) is 4.20. The smallest absolute Gasteiger partial charge is 0.264 e. The van der Waals surface area contributed by atoms with E-state index in [1.807, 2.05) is 0 Å². The Morgan fingerprint density at radius 3 is 2.12 bits per heavy atom. The fraction of sp³-hybridized carbons (Fsp3) is 0.174.